The number of likely N-dealkylation sites (tertiary alicyclic amines) is 1. The van der Waals surface area contributed by atoms with Crippen molar-refractivity contribution in [3.63, 3.8) is 0 Å². The van der Waals surface area contributed by atoms with Gasteiger partial charge in [0, 0.05) is 38.5 Å². The number of imidazole rings is 1. The largest absolute Gasteiger partial charge is 0.473 e. The van der Waals surface area contributed by atoms with E-state index in [0.717, 1.165) is 62.7 Å². The molecule has 0 spiro atoms. The summed E-state index contributed by atoms with van der Waals surface area (Å²) in [5.41, 5.74) is 1.85. The number of aromatic nitrogens is 3. The van der Waals surface area contributed by atoms with Gasteiger partial charge >= 0.3 is 23.9 Å². The van der Waals surface area contributed by atoms with Crippen molar-refractivity contribution in [1.29, 1.82) is 0 Å². The third-order valence-electron chi connectivity index (χ3n) is 4.84. The third-order valence-corrected chi connectivity index (χ3v) is 4.84. The fourth-order valence-electron chi connectivity index (χ4n) is 3.21. The van der Waals surface area contributed by atoms with Gasteiger partial charge in [0.1, 0.15) is 5.52 Å². The van der Waals surface area contributed by atoms with Crippen LogP contribution in [0.25, 0.3) is 11.2 Å². The highest BCUT2D eigenvalue weighted by Crippen LogP contribution is 2.21. The minimum Gasteiger partial charge on any atom is -0.473 e. The van der Waals surface area contributed by atoms with E-state index >= 15 is 0 Å². The van der Waals surface area contributed by atoms with Gasteiger partial charge in [0.2, 0.25) is 5.95 Å². The number of carbonyl (C=O) groups is 4. The summed E-state index contributed by atoms with van der Waals surface area (Å²) in [5.74, 6) is -6.39. The first-order chi connectivity index (χ1) is 17.1. The average molecular weight is 510 g/mol. The van der Waals surface area contributed by atoms with E-state index in [4.69, 9.17) is 49.3 Å². The third kappa shape index (κ3) is 10.5. The molecule has 14 nitrogen and oxygen atoms in total. The van der Waals surface area contributed by atoms with E-state index < -0.39 is 23.9 Å². The number of aliphatic carboxylic acids is 4. The first-order valence-corrected chi connectivity index (χ1v) is 11.0. The standard InChI is InChI=1S/C18H27N5O.2C2H2O4/c1-3-10-22-11-7-15(8-12-22)20-18-21-16-6-5-9-19-17(16)23(18)13-14-24-4-2;2*3-1(4)2(5)6/h3,5-6,9,15H,1,4,7-8,10-14H2,2H3,(H,20,21);2*(H,3,4)(H,5,6). The van der Waals surface area contributed by atoms with Crippen molar-refractivity contribution in [2.24, 2.45) is 0 Å². The molecule has 2 aromatic rings. The molecule has 3 heterocycles. The van der Waals surface area contributed by atoms with Gasteiger partial charge in [-0.2, -0.15) is 0 Å². The number of hydrogen-bond acceptors (Lipinski definition) is 9. The van der Waals surface area contributed by atoms with Crippen LogP contribution >= 0.6 is 0 Å². The van der Waals surface area contributed by atoms with Crippen LogP contribution in [0.3, 0.4) is 0 Å². The van der Waals surface area contributed by atoms with E-state index in [2.05, 4.69) is 26.3 Å². The molecule has 2 aromatic heterocycles. The number of hydrogen-bond donors (Lipinski definition) is 5. The molecule has 3 rings (SSSR count). The number of carboxylic acid groups (broad SMARTS) is 4. The fourth-order valence-corrected chi connectivity index (χ4v) is 3.21. The van der Waals surface area contributed by atoms with Gasteiger partial charge in [0.15, 0.2) is 5.65 Å². The molecule has 0 radical (unpaired) electrons. The molecule has 0 bridgehead atoms. The summed E-state index contributed by atoms with van der Waals surface area (Å²) in [6.07, 6.45) is 6.04. The van der Waals surface area contributed by atoms with E-state index in [9.17, 15) is 0 Å². The van der Waals surface area contributed by atoms with Crippen molar-refractivity contribution >= 4 is 41.0 Å². The Hall–Kier alpha value is -4.04. The quantitative estimate of drug-likeness (QED) is 0.190. The number of rotatable bonds is 8. The van der Waals surface area contributed by atoms with Crippen molar-refractivity contribution in [2.45, 2.75) is 32.4 Å². The number of ether oxygens (including phenoxy) is 1. The van der Waals surface area contributed by atoms with Gasteiger partial charge in [-0.05, 0) is 31.9 Å². The molecular weight excluding hydrogens is 478 g/mol. The molecule has 1 saturated heterocycles. The Morgan fingerprint density at radius 2 is 1.69 bits per heavy atom. The van der Waals surface area contributed by atoms with Crippen LogP contribution in [0.15, 0.2) is 31.0 Å². The van der Waals surface area contributed by atoms with E-state index in [1.54, 1.807) is 0 Å². The second kappa shape index (κ2) is 15.8. The van der Waals surface area contributed by atoms with Crippen molar-refractivity contribution in [3.05, 3.63) is 31.0 Å². The molecule has 14 heteroatoms. The van der Waals surface area contributed by atoms with Gasteiger partial charge < -0.3 is 30.5 Å². The average Bonchev–Trinajstić information content (AvgIpc) is 3.18. The zero-order valence-corrected chi connectivity index (χ0v) is 19.9. The molecule has 1 aliphatic heterocycles. The zero-order valence-electron chi connectivity index (χ0n) is 19.9. The van der Waals surface area contributed by atoms with Crippen LogP contribution in [0.4, 0.5) is 5.95 Å². The van der Waals surface area contributed by atoms with Crippen molar-refractivity contribution in [3.8, 4) is 0 Å². The molecule has 198 valence electrons. The molecule has 0 amide bonds. The predicted octanol–water partition coefficient (Wildman–Crippen LogP) is 0.841. The Labute approximate surface area is 206 Å². The Kier molecular flexibility index (Phi) is 13.1. The monoisotopic (exact) mass is 509 g/mol. The SMILES string of the molecule is C=CCN1CCC(Nc2nc3cccnc3n2CCOCC)CC1.O=C(O)C(=O)O.O=C(O)C(=O)O. The van der Waals surface area contributed by atoms with Crippen molar-refractivity contribution in [2.75, 3.05) is 38.2 Å². The molecular formula is C22H31N5O9. The van der Waals surface area contributed by atoms with Crippen molar-refractivity contribution in [1.82, 2.24) is 19.4 Å². The Bertz CT molecular complexity index is 984. The van der Waals surface area contributed by atoms with Crippen LogP contribution in [0.1, 0.15) is 19.8 Å². The maximum atomic E-state index is 9.10. The van der Waals surface area contributed by atoms with E-state index in [1.165, 1.54) is 0 Å². The Balaban J connectivity index is 0.000000450. The number of piperidine rings is 1. The van der Waals surface area contributed by atoms with Gasteiger partial charge in [0.05, 0.1) is 13.2 Å². The lowest BCUT2D eigenvalue weighted by atomic mass is 10.1. The molecule has 0 unspecified atom stereocenters. The number of fused-ring (bicyclic) bond motifs is 1. The lowest BCUT2D eigenvalue weighted by Gasteiger charge is -2.31. The predicted molar refractivity (Wildman–Crippen MR) is 128 cm³/mol. The number of pyridine rings is 1. The van der Waals surface area contributed by atoms with Gasteiger partial charge in [-0.1, -0.05) is 6.08 Å². The van der Waals surface area contributed by atoms with E-state index in [0.29, 0.717) is 12.6 Å². The number of anilines is 1. The summed E-state index contributed by atoms with van der Waals surface area (Å²) in [6.45, 7) is 11.2. The highest BCUT2D eigenvalue weighted by atomic mass is 16.5. The highest BCUT2D eigenvalue weighted by molar-refractivity contribution is 6.27. The van der Waals surface area contributed by atoms with Gasteiger partial charge in [-0.25, -0.2) is 29.1 Å². The summed E-state index contributed by atoms with van der Waals surface area (Å²) in [7, 11) is 0. The number of nitrogens with zero attached hydrogens (tertiary/aromatic N) is 4. The molecule has 5 N–H and O–H groups in total. The maximum Gasteiger partial charge on any atom is 0.414 e. The Morgan fingerprint density at radius 1 is 1.11 bits per heavy atom. The van der Waals surface area contributed by atoms with Crippen LogP contribution < -0.4 is 5.32 Å². The van der Waals surface area contributed by atoms with Gasteiger partial charge in [0.25, 0.3) is 0 Å². The van der Waals surface area contributed by atoms with Crippen molar-refractivity contribution < 1.29 is 44.3 Å². The van der Waals surface area contributed by atoms with Crippen LogP contribution in [-0.2, 0) is 30.5 Å². The molecule has 0 aliphatic carbocycles. The van der Waals surface area contributed by atoms with E-state index in [1.807, 2.05) is 31.3 Å². The Morgan fingerprint density at radius 3 is 2.19 bits per heavy atom. The molecule has 0 aromatic carbocycles. The summed E-state index contributed by atoms with van der Waals surface area (Å²) in [6, 6.07) is 4.39. The molecule has 36 heavy (non-hydrogen) atoms. The second-order valence-electron chi connectivity index (χ2n) is 7.36. The normalized spacial score (nSPS) is 13.5. The second-order valence-corrected chi connectivity index (χ2v) is 7.36. The molecule has 1 aliphatic rings. The summed E-state index contributed by atoms with van der Waals surface area (Å²) < 4.78 is 7.66. The zero-order chi connectivity index (χ0) is 27.1. The molecule has 0 atom stereocenters. The minimum atomic E-state index is -1.82. The summed E-state index contributed by atoms with van der Waals surface area (Å²) in [5, 5.41) is 33.2. The van der Waals surface area contributed by atoms with Gasteiger partial charge in [-0.3, -0.25) is 9.47 Å². The van der Waals surface area contributed by atoms with Crippen LogP contribution in [-0.4, -0.2) is 103 Å². The lowest BCUT2D eigenvalue weighted by Crippen LogP contribution is -2.39. The topological polar surface area (TPSA) is 204 Å². The number of nitrogens with one attached hydrogen (secondary N) is 1. The minimum absolute atomic E-state index is 0.453. The molecule has 0 saturated carbocycles. The first kappa shape index (κ1) is 30.0. The first-order valence-electron chi connectivity index (χ1n) is 11.0. The number of carboxylic acids is 4. The van der Waals surface area contributed by atoms with Gasteiger partial charge in [-0.15, -0.1) is 6.58 Å². The summed E-state index contributed by atoms with van der Waals surface area (Å²) >= 11 is 0. The van der Waals surface area contributed by atoms with Crippen LogP contribution in [0.2, 0.25) is 0 Å². The fraction of sp³-hybridized carbons (Fsp3) is 0.455. The summed E-state index contributed by atoms with van der Waals surface area (Å²) in [4.78, 5) is 48.1. The van der Waals surface area contributed by atoms with Crippen LogP contribution in [0, 0.1) is 0 Å². The molecule has 1 fully saturated rings. The van der Waals surface area contributed by atoms with Crippen LogP contribution in [0.5, 0.6) is 0 Å². The van der Waals surface area contributed by atoms with E-state index in [-0.39, 0.29) is 0 Å². The smallest absolute Gasteiger partial charge is 0.414 e. The highest BCUT2D eigenvalue weighted by Gasteiger charge is 2.21. The lowest BCUT2D eigenvalue weighted by molar-refractivity contribution is -0.159. The maximum absolute atomic E-state index is 9.10.